The van der Waals surface area contributed by atoms with E-state index in [1.807, 2.05) is 68.4 Å². The Morgan fingerprint density at radius 3 is 2.34 bits per heavy atom. The van der Waals surface area contributed by atoms with Crippen molar-refractivity contribution >= 4 is 34.4 Å². The molecular weight excluding hydrogens is 479 g/mol. The Labute approximate surface area is 187 Å². The third-order valence-electron chi connectivity index (χ3n) is 4.83. The van der Waals surface area contributed by atoms with Crippen LogP contribution in [-0.4, -0.2) is 41.9 Å². The van der Waals surface area contributed by atoms with Crippen LogP contribution in [-0.2, 0) is 16.0 Å². The molecule has 0 aliphatic carbocycles. The van der Waals surface area contributed by atoms with Gasteiger partial charge in [0.15, 0.2) is 6.61 Å². The van der Waals surface area contributed by atoms with E-state index in [0.29, 0.717) is 18.7 Å². The number of rotatable bonds is 10. The fourth-order valence-corrected chi connectivity index (χ4v) is 3.15. The predicted molar refractivity (Wildman–Crippen MR) is 124 cm³/mol. The van der Waals surface area contributed by atoms with Gasteiger partial charge in [-0.3, -0.25) is 9.59 Å². The first-order chi connectivity index (χ1) is 13.9. The van der Waals surface area contributed by atoms with Crippen molar-refractivity contribution in [1.82, 2.24) is 10.2 Å². The summed E-state index contributed by atoms with van der Waals surface area (Å²) in [6.07, 6.45) is 1.52. The van der Waals surface area contributed by atoms with Crippen LogP contribution < -0.4 is 10.1 Å². The van der Waals surface area contributed by atoms with Gasteiger partial charge in [-0.1, -0.05) is 37.3 Å². The van der Waals surface area contributed by atoms with E-state index >= 15 is 0 Å². The van der Waals surface area contributed by atoms with Gasteiger partial charge >= 0.3 is 0 Å². The van der Waals surface area contributed by atoms with E-state index in [1.165, 1.54) is 0 Å². The Morgan fingerprint density at radius 2 is 1.72 bits per heavy atom. The number of nitrogens with one attached hydrogen (secondary N) is 1. The minimum absolute atomic E-state index is 0.0686. The molecule has 2 unspecified atom stereocenters. The minimum Gasteiger partial charge on any atom is -0.484 e. The summed E-state index contributed by atoms with van der Waals surface area (Å²) in [7, 11) is 0. The fraction of sp³-hybridized carbons (Fsp3) is 0.391. The van der Waals surface area contributed by atoms with Crippen LogP contribution in [0.15, 0.2) is 54.6 Å². The molecule has 0 aromatic heterocycles. The van der Waals surface area contributed by atoms with E-state index in [4.69, 9.17) is 4.74 Å². The molecule has 2 rings (SSSR count). The second kappa shape index (κ2) is 11.8. The number of amides is 2. The molecule has 0 aliphatic rings. The highest BCUT2D eigenvalue weighted by atomic mass is 127. The number of carbonyl (C=O) groups excluding carboxylic acids is 2. The van der Waals surface area contributed by atoms with Gasteiger partial charge in [0, 0.05) is 16.2 Å². The summed E-state index contributed by atoms with van der Waals surface area (Å²) < 4.78 is 6.76. The Kier molecular flexibility index (Phi) is 9.44. The third-order valence-corrected chi connectivity index (χ3v) is 5.55. The molecule has 0 saturated heterocycles. The molecule has 0 spiro atoms. The van der Waals surface area contributed by atoms with Crippen molar-refractivity contribution < 1.29 is 14.3 Å². The minimum atomic E-state index is -0.569. The fourth-order valence-electron chi connectivity index (χ4n) is 2.79. The van der Waals surface area contributed by atoms with E-state index in [9.17, 15) is 9.59 Å². The van der Waals surface area contributed by atoms with Crippen LogP contribution in [0.5, 0.6) is 5.75 Å². The second-order valence-corrected chi connectivity index (χ2v) is 8.30. The monoisotopic (exact) mass is 508 g/mol. The topological polar surface area (TPSA) is 58.6 Å². The number of hydrogen-bond acceptors (Lipinski definition) is 3. The molecule has 1 N–H and O–H groups in total. The first-order valence-corrected chi connectivity index (χ1v) is 11.0. The zero-order chi connectivity index (χ0) is 21.2. The number of carbonyl (C=O) groups is 2. The first kappa shape index (κ1) is 23.2. The Bertz CT molecular complexity index is 780. The summed E-state index contributed by atoms with van der Waals surface area (Å²) in [5.74, 6) is 0.291. The van der Waals surface area contributed by atoms with Gasteiger partial charge in [-0.2, -0.15) is 0 Å². The lowest BCUT2D eigenvalue weighted by Crippen LogP contribution is -2.51. The van der Waals surface area contributed by atoms with Crippen LogP contribution in [0.1, 0.15) is 32.8 Å². The van der Waals surface area contributed by atoms with E-state index in [2.05, 4.69) is 27.9 Å². The van der Waals surface area contributed by atoms with Crippen molar-refractivity contribution in [3.8, 4) is 5.75 Å². The molecule has 0 radical (unpaired) electrons. The van der Waals surface area contributed by atoms with Crippen molar-refractivity contribution in [2.75, 3.05) is 13.2 Å². The van der Waals surface area contributed by atoms with Crippen molar-refractivity contribution in [3.63, 3.8) is 0 Å². The lowest BCUT2D eigenvalue weighted by atomic mass is 10.1. The summed E-state index contributed by atoms with van der Waals surface area (Å²) in [5, 5.41) is 2.97. The van der Waals surface area contributed by atoms with E-state index in [1.54, 1.807) is 11.8 Å². The quantitative estimate of drug-likeness (QED) is 0.493. The zero-order valence-electron chi connectivity index (χ0n) is 17.2. The highest BCUT2D eigenvalue weighted by molar-refractivity contribution is 14.1. The standard InChI is InChI=1S/C23H29IN2O3/c1-4-17(2)25-23(28)18(3)26(15-14-19-8-6-5-7-9-19)22(27)16-29-21-12-10-20(24)11-13-21/h5-13,17-18H,4,14-16H2,1-3H3,(H,25,28). The van der Waals surface area contributed by atoms with Crippen LogP contribution in [0.25, 0.3) is 0 Å². The lowest BCUT2D eigenvalue weighted by Gasteiger charge is -2.29. The van der Waals surface area contributed by atoms with Crippen molar-refractivity contribution in [1.29, 1.82) is 0 Å². The third kappa shape index (κ3) is 7.68. The SMILES string of the molecule is CCC(C)NC(=O)C(C)N(CCc1ccccc1)C(=O)COc1ccc(I)cc1. The largest absolute Gasteiger partial charge is 0.484 e. The molecule has 2 aromatic rings. The first-order valence-electron chi connectivity index (χ1n) is 9.92. The highest BCUT2D eigenvalue weighted by Crippen LogP contribution is 2.14. The van der Waals surface area contributed by atoms with Crippen LogP contribution in [0, 0.1) is 3.57 Å². The van der Waals surface area contributed by atoms with Crippen LogP contribution >= 0.6 is 22.6 Å². The van der Waals surface area contributed by atoms with Gasteiger partial charge in [0.1, 0.15) is 11.8 Å². The average Bonchev–Trinajstić information content (AvgIpc) is 2.73. The molecule has 0 bridgehead atoms. The van der Waals surface area contributed by atoms with Gasteiger partial charge in [0.25, 0.3) is 5.91 Å². The van der Waals surface area contributed by atoms with Gasteiger partial charge in [-0.25, -0.2) is 0 Å². The number of benzene rings is 2. The summed E-state index contributed by atoms with van der Waals surface area (Å²) in [4.78, 5) is 27.2. The summed E-state index contributed by atoms with van der Waals surface area (Å²) >= 11 is 2.22. The molecule has 29 heavy (non-hydrogen) atoms. The molecule has 0 fully saturated rings. The van der Waals surface area contributed by atoms with E-state index < -0.39 is 6.04 Å². The van der Waals surface area contributed by atoms with Gasteiger partial charge in [0.05, 0.1) is 0 Å². The Balaban J connectivity index is 2.05. The molecule has 156 valence electrons. The Hall–Kier alpha value is -2.09. The molecule has 2 aromatic carbocycles. The lowest BCUT2D eigenvalue weighted by molar-refractivity contribution is -0.141. The van der Waals surface area contributed by atoms with Gasteiger partial charge in [-0.15, -0.1) is 0 Å². The van der Waals surface area contributed by atoms with Gasteiger partial charge in [-0.05, 0) is 79.1 Å². The normalized spacial score (nSPS) is 12.7. The maximum Gasteiger partial charge on any atom is 0.261 e. The number of halogens is 1. The molecule has 2 atom stereocenters. The zero-order valence-corrected chi connectivity index (χ0v) is 19.4. The molecular formula is C23H29IN2O3. The maximum atomic E-state index is 12.9. The van der Waals surface area contributed by atoms with Gasteiger partial charge in [0.2, 0.25) is 5.91 Å². The Morgan fingerprint density at radius 1 is 1.07 bits per heavy atom. The highest BCUT2D eigenvalue weighted by Gasteiger charge is 2.26. The summed E-state index contributed by atoms with van der Waals surface area (Å²) in [6.45, 7) is 6.10. The van der Waals surface area contributed by atoms with Crippen LogP contribution in [0.3, 0.4) is 0 Å². The van der Waals surface area contributed by atoms with E-state index in [-0.39, 0.29) is 24.5 Å². The van der Waals surface area contributed by atoms with E-state index in [0.717, 1.165) is 15.6 Å². The van der Waals surface area contributed by atoms with Crippen molar-refractivity contribution in [2.24, 2.45) is 0 Å². The second-order valence-electron chi connectivity index (χ2n) is 7.06. The molecule has 0 saturated carbocycles. The number of hydrogen-bond donors (Lipinski definition) is 1. The maximum absolute atomic E-state index is 12.9. The van der Waals surface area contributed by atoms with Crippen molar-refractivity contribution in [2.45, 2.75) is 45.7 Å². The summed E-state index contributed by atoms with van der Waals surface area (Å²) in [6, 6.07) is 17.0. The molecule has 0 heterocycles. The van der Waals surface area contributed by atoms with Crippen molar-refractivity contribution in [3.05, 3.63) is 63.7 Å². The molecule has 2 amide bonds. The van der Waals surface area contributed by atoms with Crippen LogP contribution in [0.2, 0.25) is 0 Å². The molecule has 0 aliphatic heterocycles. The number of ether oxygens (including phenoxy) is 1. The number of nitrogens with zero attached hydrogens (tertiary/aromatic N) is 1. The molecule has 5 nitrogen and oxygen atoms in total. The average molecular weight is 508 g/mol. The summed E-state index contributed by atoms with van der Waals surface area (Å²) in [5.41, 5.74) is 1.12. The van der Waals surface area contributed by atoms with Gasteiger partial charge < -0.3 is 15.0 Å². The molecule has 6 heteroatoms. The smallest absolute Gasteiger partial charge is 0.261 e. The van der Waals surface area contributed by atoms with Crippen LogP contribution in [0.4, 0.5) is 0 Å². The predicted octanol–water partition coefficient (Wildman–Crippen LogP) is 4.04.